The molecule has 2 atom stereocenters. The minimum absolute atomic E-state index is 0.0885. The van der Waals surface area contributed by atoms with Crippen LogP contribution in [0.4, 0.5) is 0 Å². The highest BCUT2D eigenvalue weighted by molar-refractivity contribution is 5.79. The van der Waals surface area contributed by atoms with E-state index in [0.717, 1.165) is 68.2 Å². The fraction of sp³-hybridized carbons (Fsp3) is 0.789. The van der Waals surface area contributed by atoms with E-state index in [1.165, 1.54) is 6.42 Å². The molecule has 1 saturated carbocycles. The van der Waals surface area contributed by atoms with Crippen LogP contribution in [0.15, 0.2) is 9.52 Å². The zero-order valence-electron chi connectivity index (χ0n) is 16.2. The lowest BCUT2D eigenvalue weighted by molar-refractivity contribution is 0.00397. The molecule has 142 valence electrons. The third-order valence-corrected chi connectivity index (χ3v) is 5.29. The monoisotopic (exact) mass is 350 g/mol. The van der Waals surface area contributed by atoms with Crippen molar-refractivity contribution >= 4 is 5.96 Å². The number of guanidine groups is 1. The molecule has 25 heavy (non-hydrogen) atoms. The van der Waals surface area contributed by atoms with Crippen LogP contribution in [-0.2, 0) is 19.4 Å². The molecule has 0 amide bonds. The van der Waals surface area contributed by atoms with E-state index < -0.39 is 0 Å². The third-order valence-electron chi connectivity index (χ3n) is 5.29. The van der Waals surface area contributed by atoms with Crippen LogP contribution in [0.3, 0.4) is 0 Å². The van der Waals surface area contributed by atoms with Crippen LogP contribution >= 0.6 is 0 Å². The van der Waals surface area contributed by atoms with Crippen LogP contribution in [0.2, 0.25) is 0 Å². The van der Waals surface area contributed by atoms with E-state index in [9.17, 15) is 5.11 Å². The van der Waals surface area contributed by atoms with Crippen LogP contribution in [0, 0.1) is 5.41 Å². The largest absolute Gasteiger partial charge is 0.392 e. The number of aryl methyl sites for hydroxylation is 2. The van der Waals surface area contributed by atoms with Crippen molar-refractivity contribution in [2.24, 2.45) is 10.4 Å². The maximum absolute atomic E-state index is 10.4. The summed E-state index contributed by atoms with van der Waals surface area (Å²) in [7, 11) is 0. The van der Waals surface area contributed by atoms with Crippen molar-refractivity contribution in [1.82, 2.24) is 15.8 Å². The summed E-state index contributed by atoms with van der Waals surface area (Å²) in [5.74, 6) is 1.71. The number of aliphatic hydroxyl groups is 1. The fourth-order valence-electron chi connectivity index (χ4n) is 3.49. The summed E-state index contributed by atoms with van der Waals surface area (Å²) in [6.45, 7) is 10.5. The Morgan fingerprint density at radius 1 is 1.28 bits per heavy atom. The van der Waals surface area contributed by atoms with Crippen molar-refractivity contribution in [3.63, 3.8) is 0 Å². The molecule has 0 aliphatic heterocycles. The van der Waals surface area contributed by atoms with E-state index in [2.05, 4.69) is 43.5 Å². The molecule has 0 aromatic carbocycles. The van der Waals surface area contributed by atoms with Gasteiger partial charge in [-0.3, -0.25) is 0 Å². The van der Waals surface area contributed by atoms with Gasteiger partial charge in [-0.15, -0.1) is 0 Å². The highest BCUT2D eigenvalue weighted by Gasteiger charge is 2.35. The van der Waals surface area contributed by atoms with Gasteiger partial charge in [0.05, 0.1) is 18.3 Å². The summed E-state index contributed by atoms with van der Waals surface area (Å²) in [6.07, 6.45) is 5.68. The normalized spacial score (nSPS) is 24.4. The smallest absolute Gasteiger partial charge is 0.191 e. The minimum atomic E-state index is -0.243. The van der Waals surface area contributed by atoms with Crippen molar-refractivity contribution in [1.29, 1.82) is 0 Å². The number of aliphatic imine (C=N–C) groups is 1. The fourth-order valence-corrected chi connectivity index (χ4v) is 3.49. The van der Waals surface area contributed by atoms with Gasteiger partial charge in [-0.2, -0.15) is 0 Å². The van der Waals surface area contributed by atoms with Gasteiger partial charge in [0.1, 0.15) is 5.76 Å². The first-order valence-corrected chi connectivity index (χ1v) is 9.70. The van der Waals surface area contributed by atoms with Gasteiger partial charge in [-0.25, -0.2) is 4.99 Å². The zero-order chi connectivity index (χ0) is 18.3. The summed E-state index contributed by atoms with van der Waals surface area (Å²) in [4.78, 5) is 4.73. The molecule has 3 N–H and O–H groups in total. The van der Waals surface area contributed by atoms with Crippen LogP contribution in [-0.4, -0.2) is 35.4 Å². The second kappa shape index (κ2) is 9.22. The number of rotatable bonds is 7. The van der Waals surface area contributed by atoms with Crippen molar-refractivity contribution in [3.8, 4) is 0 Å². The molecule has 6 heteroatoms. The van der Waals surface area contributed by atoms with E-state index in [1.54, 1.807) is 0 Å². The number of nitrogens with one attached hydrogen (secondary N) is 2. The van der Waals surface area contributed by atoms with Crippen molar-refractivity contribution in [3.05, 3.63) is 17.0 Å². The maximum atomic E-state index is 10.4. The molecular weight excluding hydrogens is 316 g/mol. The van der Waals surface area contributed by atoms with Crippen molar-refractivity contribution in [2.45, 2.75) is 78.9 Å². The molecular formula is C19H34N4O2. The molecule has 1 aliphatic rings. The molecule has 1 aliphatic carbocycles. The van der Waals surface area contributed by atoms with Crippen molar-refractivity contribution in [2.75, 3.05) is 13.1 Å². The number of hydrogen-bond acceptors (Lipinski definition) is 4. The Kier molecular flexibility index (Phi) is 7.29. The molecule has 0 saturated heterocycles. The Hall–Kier alpha value is -1.56. The SMILES string of the molecule is CCNC(=NCc1c(CC)noc1CC)NCC1(C)CCCCC1O. The molecule has 2 unspecified atom stereocenters. The molecule has 0 spiro atoms. The van der Waals surface area contributed by atoms with E-state index in [4.69, 9.17) is 9.52 Å². The zero-order valence-corrected chi connectivity index (χ0v) is 16.2. The minimum Gasteiger partial charge on any atom is -0.392 e. The standard InChI is InChI=1S/C19H34N4O2/c1-5-15-14(16(6-2)25-23-15)12-21-18(20-7-3)22-13-19(4)11-9-8-10-17(19)24/h17,24H,5-13H2,1-4H3,(H2,20,21,22). The van der Waals surface area contributed by atoms with Crippen LogP contribution in [0.25, 0.3) is 0 Å². The number of aromatic nitrogens is 1. The summed E-state index contributed by atoms with van der Waals surface area (Å²) in [5, 5.41) is 21.2. The summed E-state index contributed by atoms with van der Waals surface area (Å²) in [6, 6.07) is 0. The molecule has 0 bridgehead atoms. The molecule has 1 aromatic rings. The van der Waals surface area contributed by atoms with Gasteiger partial charge >= 0.3 is 0 Å². The molecule has 6 nitrogen and oxygen atoms in total. The molecule has 2 rings (SSSR count). The van der Waals surface area contributed by atoms with Crippen LogP contribution < -0.4 is 10.6 Å². The maximum Gasteiger partial charge on any atom is 0.191 e. The van der Waals surface area contributed by atoms with Crippen LogP contribution in [0.5, 0.6) is 0 Å². The Morgan fingerprint density at radius 2 is 2.08 bits per heavy atom. The van der Waals surface area contributed by atoms with Gasteiger partial charge in [0.25, 0.3) is 0 Å². The predicted octanol–water partition coefficient (Wildman–Crippen LogP) is 2.80. The first kappa shape index (κ1) is 19.8. The number of hydrogen-bond donors (Lipinski definition) is 3. The van der Waals surface area contributed by atoms with E-state index >= 15 is 0 Å². The lowest BCUT2D eigenvalue weighted by atomic mass is 9.73. The second-order valence-electron chi connectivity index (χ2n) is 7.20. The molecule has 1 fully saturated rings. The van der Waals surface area contributed by atoms with Crippen LogP contribution in [0.1, 0.15) is 70.4 Å². The van der Waals surface area contributed by atoms with Gasteiger partial charge in [0, 0.05) is 30.5 Å². The van der Waals surface area contributed by atoms with Gasteiger partial charge in [0.15, 0.2) is 5.96 Å². The highest BCUT2D eigenvalue weighted by Crippen LogP contribution is 2.35. The average molecular weight is 351 g/mol. The predicted molar refractivity (Wildman–Crippen MR) is 101 cm³/mol. The topological polar surface area (TPSA) is 82.7 Å². The molecule has 1 heterocycles. The first-order chi connectivity index (χ1) is 12.0. The van der Waals surface area contributed by atoms with Gasteiger partial charge in [-0.1, -0.05) is 38.8 Å². The third kappa shape index (κ3) is 4.97. The van der Waals surface area contributed by atoms with E-state index in [-0.39, 0.29) is 11.5 Å². The Labute approximate surface area is 151 Å². The lowest BCUT2D eigenvalue weighted by Gasteiger charge is -2.38. The lowest BCUT2D eigenvalue weighted by Crippen LogP contribution is -2.48. The summed E-state index contributed by atoms with van der Waals surface area (Å²) < 4.78 is 5.42. The van der Waals surface area contributed by atoms with Crippen molar-refractivity contribution < 1.29 is 9.63 Å². The molecule has 0 radical (unpaired) electrons. The first-order valence-electron chi connectivity index (χ1n) is 9.70. The summed E-state index contributed by atoms with van der Waals surface area (Å²) >= 11 is 0. The number of aliphatic hydroxyl groups excluding tert-OH is 1. The molecule has 1 aromatic heterocycles. The van der Waals surface area contributed by atoms with E-state index in [1.807, 2.05) is 0 Å². The second-order valence-corrected chi connectivity index (χ2v) is 7.20. The van der Waals surface area contributed by atoms with Gasteiger partial charge < -0.3 is 20.3 Å². The Balaban J connectivity index is 2.04. The van der Waals surface area contributed by atoms with Gasteiger partial charge in [0.2, 0.25) is 0 Å². The van der Waals surface area contributed by atoms with Gasteiger partial charge in [-0.05, 0) is 26.2 Å². The highest BCUT2D eigenvalue weighted by atomic mass is 16.5. The summed E-state index contributed by atoms with van der Waals surface area (Å²) in [5.41, 5.74) is 2.01. The Morgan fingerprint density at radius 3 is 2.72 bits per heavy atom. The Bertz CT molecular complexity index is 548. The number of nitrogens with zero attached hydrogens (tertiary/aromatic N) is 2. The quantitative estimate of drug-likeness (QED) is 0.520. The average Bonchev–Trinajstić information content (AvgIpc) is 3.02. The van der Waals surface area contributed by atoms with E-state index in [0.29, 0.717) is 6.54 Å².